The van der Waals surface area contributed by atoms with E-state index in [4.69, 9.17) is 0 Å². The Morgan fingerprint density at radius 3 is 2.50 bits per heavy atom. The van der Waals surface area contributed by atoms with E-state index in [9.17, 15) is 18.0 Å². The minimum Gasteiger partial charge on any atom is -0.285 e. The Kier molecular flexibility index (Phi) is 3.00. The van der Waals surface area contributed by atoms with Crippen molar-refractivity contribution in [2.75, 3.05) is 5.32 Å². The van der Waals surface area contributed by atoms with Gasteiger partial charge in [-0.3, -0.25) is 15.2 Å². The first kappa shape index (κ1) is 12.1. The summed E-state index contributed by atoms with van der Waals surface area (Å²) in [6, 6.07) is 8.68. The number of nitrogens with one attached hydrogen (secondary N) is 2. The van der Waals surface area contributed by atoms with Gasteiger partial charge in [-0.05, 0) is 0 Å². The quantitative estimate of drug-likeness (QED) is 0.862. The van der Waals surface area contributed by atoms with Gasteiger partial charge in [-0.1, -0.05) is 30.3 Å². The van der Waals surface area contributed by atoms with Gasteiger partial charge in [-0.2, -0.15) is 18.2 Å². The van der Waals surface area contributed by atoms with Crippen LogP contribution in [0.1, 0.15) is 0 Å². The third-order valence-corrected chi connectivity index (χ3v) is 2.02. The van der Waals surface area contributed by atoms with Gasteiger partial charge in [0.25, 0.3) is 0 Å². The molecular formula is C10H7F3N4O. The van der Waals surface area contributed by atoms with E-state index in [-0.39, 0.29) is 5.82 Å². The number of H-pyrrole nitrogens is 1. The summed E-state index contributed by atoms with van der Waals surface area (Å²) in [7, 11) is 0. The van der Waals surface area contributed by atoms with Crippen LogP contribution in [0.15, 0.2) is 30.3 Å². The molecule has 5 nitrogen and oxygen atoms in total. The van der Waals surface area contributed by atoms with E-state index in [1.165, 1.54) is 0 Å². The summed E-state index contributed by atoms with van der Waals surface area (Å²) in [5, 5.41) is 7.47. The van der Waals surface area contributed by atoms with Crippen molar-refractivity contribution in [3.63, 3.8) is 0 Å². The molecule has 1 amide bonds. The van der Waals surface area contributed by atoms with Crippen LogP contribution in [0, 0.1) is 0 Å². The monoisotopic (exact) mass is 256 g/mol. The van der Waals surface area contributed by atoms with Gasteiger partial charge in [-0.25, -0.2) is 0 Å². The molecule has 0 aliphatic rings. The van der Waals surface area contributed by atoms with Crippen molar-refractivity contribution >= 4 is 11.9 Å². The van der Waals surface area contributed by atoms with E-state index in [0.29, 0.717) is 5.56 Å². The Hall–Kier alpha value is -2.38. The minimum absolute atomic E-state index is 0.271. The highest BCUT2D eigenvalue weighted by Crippen LogP contribution is 2.18. The van der Waals surface area contributed by atoms with Crippen LogP contribution in [0.3, 0.4) is 0 Å². The number of hydrogen-bond donors (Lipinski definition) is 2. The number of halogens is 3. The lowest BCUT2D eigenvalue weighted by Gasteiger charge is -2.03. The summed E-state index contributed by atoms with van der Waals surface area (Å²) in [5.41, 5.74) is 0.650. The molecule has 0 spiro atoms. The molecule has 0 saturated heterocycles. The van der Waals surface area contributed by atoms with Gasteiger partial charge in [0.15, 0.2) is 5.82 Å². The normalized spacial score (nSPS) is 11.3. The maximum absolute atomic E-state index is 12.0. The van der Waals surface area contributed by atoms with Crippen molar-refractivity contribution < 1.29 is 18.0 Å². The fourth-order valence-corrected chi connectivity index (χ4v) is 1.22. The predicted octanol–water partition coefficient (Wildman–Crippen LogP) is 1.97. The molecule has 0 unspecified atom stereocenters. The van der Waals surface area contributed by atoms with Crippen molar-refractivity contribution in [1.29, 1.82) is 0 Å². The first-order valence-electron chi connectivity index (χ1n) is 4.83. The summed E-state index contributed by atoms with van der Waals surface area (Å²) in [6.45, 7) is 0. The van der Waals surface area contributed by atoms with Crippen molar-refractivity contribution in [3.8, 4) is 11.4 Å². The second kappa shape index (κ2) is 4.47. The zero-order chi connectivity index (χ0) is 13.2. The Morgan fingerprint density at radius 1 is 1.22 bits per heavy atom. The zero-order valence-electron chi connectivity index (χ0n) is 8.82. The molecule has 1 heterocycles. The Labute approximate surface area is 99.0 Å². The Balaban J connectivity index is 2.15. The molecule has 0 fully saturated rings. The highest BCUT2D eigenvalue weighted by atomic mass is 19.4. The number of aromatic amines is 1. The molecule has 0 atom stereocenters. The number of carbonyl (C=O) groups is 1. The lowest BCUT2D eigenvalue weighted by Crippen LogP contribution is -2.30. The lowest BCUT2D eigenvalue weighted by molar-refractivity contribution is -0.167. The van der Waals surface area contributed by atoms with Crippen molar-refractivity contribution in [3.05, 3.63) is 30.3 Å². The lowest BCUT2D eigenvalue weighted by atomic mass is 10.2. The van der Waals surface area contributed by atoms with Crippen molar-refractivity contribution in [2.45, 2.75) is 6.18 Å². The standard InChI is InChI=1S/C10H7F3N4O/c11-10(12,13)8(18)15-9-14-7(16-17-9)6-4-2-1-3-5-6/h1-5H,(H2,14,15,16,17,18). The van der Waals surface area contributed by atoms with Crippen LogP contribution in [-0.2, 0) is 4.79 Å². The number of rotatable bonds is 2. The third-order valence-electron chi connectivity index (χ3n) is 2.02. The minimum atomic E-state index is -4.96. The van der Waals surface area contributed by atoms with E-state index >= 15 is 0 Å². The topological polar surface area (TPSA) is 70.7 Å². The molecule has 8 heteroatoms. The Morgan fingerprint density at radius 2 is 1.89 bits per heavy atom. The number of hydrogen-bond acceptors (Lipinski definition) is 3. The van der Waals surface area contributed by atoms with Gasteiger partial charge in [0.2, 0.25) is 5.95 Å². The zero-order valence-corrected chi connectivity index (χ0v) is 8.82. The van der Waals surface area contributed by atoms with Crippen molar-refractivity contribution in [1.82, 2.24) is 15.2 Å². The fraction of sp³-hybridized carbons (Fsp3) is 0.100. The molecule has 0 radical (unpaired) electrons. The molecule has 1 aromatic carbocycles. The third kappa shape index (κ3) is 2.65. The summed E-state index contributed by atoms with van der Waals surface area (Å²) in [6.07, 6.45) is -4.96. The van der Waals surface area contributed by atoms with Crippen LogP contribution < -0.4 is 5.32 Å². The summed E-state index contributed by atoms with van der Waals surface area (Å²) >= 11 is 0. The molecule has 0 aliphatic heterocycles. The van der Waals surface area contributed by atoms with Gasteiger partial charge in [0.05, 0.1) is 0 Å². The Bertz CT molecular complexity index is 550. The predicted molar refractivity (Wildman–Crippen MR) is 56.5 cm³/mol. The number of nitrogens with zero attached hydrogens (tertiary/aromatic N) is 2. The van der Waals surface area contributed by atoms with Crippen LogP contribution >= 0.6 is 0 Å². The molecule has 2 N–H and O–H groups in total. The number of carbonyl (C=O) groups excluding carboxylic acids is 1. The molecule has 2 aromatic rings. The molecule has 0 bridgehead atoms. The second-order valence-corrected chi connectivity index (χ2v) is 3.33. The summed E-state index contributed by atoms with van der Waals surface area (Å²) in [4.78, 5) is 14.4. The van der Waals surface area contributed by atoms with Crippen LogP contribution in [0.2, 0.25) is 0 Å². The first-order chi connectivity index (χ1) is 8.47. The molecule has 0 saturated carbocycles. The van der Waals surface area contributed by atoms with Gasteiger partial charge in [-0.15, -0.1) is 5.10 Å². The van der Waals surface area contributed by atoms with Crippen molar-refractivity contribution in [2.24, 2.45) is 0 Å². The van der Waals surface area contributed by atoms with Gasteiger partial charge >= 0.3 is 12.1 Å². The highest BCUT2D eigenvalue weighted by molar-refractivity contribution is 5.93. The van der Waals surface area contributed by atoms with Gasteiger partial charge < -0.3 is 0 Å². The van der Waals surface area contributed by atoms with Crippen LogP contribution in [-0.4, -0.2) is 27.3 Å². The largest absolute Gasteiger partial charge is 0.471 e. The van der Waals surface area contributed by atoms with Gasteiger partial charge in [0.1, 0.15) is 0 Å². The van der Waals surface area contributed by atoms with E-state index < -0.39 is 18.0 Å². The molecule has 2 rings (SSSR count). The first-order valence-corrected chi connectivity index (χ1v) is 4.83. The number of alkyl halides is 3. The molecular weight excluding hydrogens is 249 g/mol. The maximum atomic E-state index is 12.0. The van der Waals surface area contributed by atoms with Crippen LogP contribution in [0.4, 0.5) is 19.1 Å². The maximum Gasteiger partial charge on any atom is 0.471 e. The molecule has 94 valence electrons. The number of anilines is 1. The summed E-state index contributed by atoms with van der Waals surface area (Å²) < 4.78 is 36.0. The van der Waals surface area contributed by atoms with E-state index in [2.05, 4.69) is 15.2 Å². The number of amides is 1. The fourth-order valence-electron chi connectivity index (χ4n) is 1.22. The SMILES string of the molecule is O=C(Nc1n[nH]c(-c2ccccc2)n1)C(F)(F)F. The van der Waals surface area contributed by atoms with Crippen LogP contribution in [0.25, 0.3) is 11.4 Å². The molecule has 1 aromatic heterocycles. The second-order valence-electron chi connectivity index (χ2n) is 3.33. The average molecular weight is 256 g/mol. The molecule has 0 aliphatic carbocycles. The highest BCUT2D eigenvalue weighted by Gasteiger charge is 2.39. The van der Waals surface area contributed by atoms with Crippen LogP contribution in [0.5, 0.6) is 0 Å². The van der Waals surface area contributed by atoms with E-state index in [0.717, 1.165) is 0 Å². The number of aromatic nitrogens is 3. The smallest absolute Gasteiger partial charge is 0.285 e. The summed E-state index contributed by atoms with van der Waals surface area (Å²) in [5.74, 6) is -2.26. The van der Waals surface area contributed by atoms with E-state index in [1.54, 1.807) is 35.6 Å². The molecule has 18 heavy (non-hydrogen) atoms. The van der Waals surface area contributed by atoms with Gasteiger partial charge in [0, 0.05) is 5.56 Å². The van der Waals surface area contributed by atoms with E-state index in [1.807, 2.05) is 0 Å². The number of benzene rings is 1. The average Bonchev–Trinajstić information content (AvgIpc) is 2.77.